The Morgan fingerprint density at radius 1 is 1.48 bits per heavy atom. The number of anilines is 2. The molecule has 0 aliphatic carbocycles. The molecule has 0 bridgehead atoms. The van der Waals surface area contributed by atoms with Crippen LogP contribution >= 0.6 is 0 Å². The van der Waals surface area contributed by atoms with Gasteiger partial charge in [-0.3, -0.25) is 0 Å². The van der Waals surface area contributed by atoms with Gasteiger partial charge >= 0.3 is 5.97 Å². The molecule has 0 aliphatic heterocycles. The van der Waals surface area contributed by atoms with Crippen molar-refractivity contribution < 1.29 is 18.4 Å². The standard InChI is InChI=1S/C14H16FN3O3/c1-3-20-14(19)10-5-13(11(15)6-12(10)16)17-7-9-4-8(2)18-21-9/h4-6,17H,3,7,16H2,1-2H3. The lowest BCUT2D eigenvalue weighted by atomic mass is 10.1. The molecule has 1 aromatic carbocycles. The van der Waals surface area contributed by atoms with Crippen LogP contribution in [-0.2, 0) is 11.3 Å². The number of aryl methyl sites for hydroxylation is 1. The lowest BCUT2D eigenvalue weighted by Crippen LogP contribution is -2.10. The summed E-state index contributed by atoms with van der Waals surface area (Å²) in [5.74, 6) is -0.591. The lowest BCUT2D eigenvalue weighted by molar-refractivity contribution is 0.0527. The number of carbonyl (C=O) groups is 1. The molecule has 21 heavy (non-hydrogen) atoms. The Kier molecular flexibility index (Phi) is 4.42. The summed E-state index contributed by atoms with van der Waals surface area (Å²) in [6.45, 7) is 3.93. The van der Waals surface area contributed by atoms with Crippen molar-refractivity contribution in [1.82, 2.24) is 5.16 Å². The quantitative estimate of drug-likeness (QED) is 0.650. The number of ether oxygens (including phenoxy) is 1. The van der Waals surface area contributed by atoms with Gasteiger partial charge in [0.15, 0.2) is 5.76 Å². The first kappa shape index (κ1) is 14.8. The Bertz CT molecular complexity index is 655. The number of nitrogens with two attached hydrogens (primary N) is 1. The van der Waals surface area contributed by atoms with Gasteiger partial charge in [0.05, 0.1) is 30.1 Å². The maximum Gasteiger partial charge on any atom is 0.340 e. The van der Waals surface area contributed by atoms with E-state index in [4.69, 9.17) is 15.0 Å². The number of aromatic nitrogens is 1. The number of rotatable bonds is 5. The van der Waals surface area contributed by atoms with E-state index in [2.05, 4.69) is 10.5 Å². The number of halogens is 1. The summed E-state index contributed by atoms with van der Waals surface area (Å²) in [4.78, 5) is 11.7. The summed E-state index contributed by atoms with van der Waals surface area (Å²) >= 11 is 0. The molecule has 0 saturated heterocycles. The van der Waals surface area contributed by atoms with Crippen LogP contribution in [0.25, 0.3) is 0 Å². The molecule has 0 unspecified atom stereocenters. The number of esters is 1. The molecular weight excluding hydrogens is 277 g/mol. The summed E-state index contributed by atoms with van der Waals surface area (Å²) in [6.07, 6.45) is 0. The first-order valence-corrected chi connectivity index (χ1v) is 6.43. The number of nitrogens with one attached hydrogen (secondary N) is 1. The zero-order chi connectivity index (χ0) is 15.4. The van der Waals surface area contributed by atoms with E-state index in [-0.39, 0.29) is 30.1 Å². The summed E-state index contributed by atoms with van der Waals surface area (Å²) < 4.78 is 23.7. The maximum atomic E-state index is 13.8. The average molecular weight is 293 g/mol. The van der Waals surface area contributed by atoms with Gasteiger partial charge in [-0.25, -0.2) is 9.18 Å². The van der Waals surface area contributed by atoms with E-state index < -0.39 is 11.8 Å². The van der Waals surface area contributed by atoms with Gasteiger partial charge in [0.2, 0.25) is 0 Å². The highest BCUT2D eigenvalue weighted by molar-refractivity contribution is 5.96. The fourth-order valence-electron chi connectivity index (χ4n) is 1.79. The van der Waals surface area contributed by atoms with E-state index in [9.17, 15) is 9.18 Å². The van der Waals surface area contributed by atoms with Crippen LogP contribution in [-0.4, -0.2) is 17.7 Å². The molecule has 1 heterocycles. The Hall–Kier alpha value is -2.57. The zero-order valence-corrected chi connectivity index (χ0v) is 11.8. The Morgan fingerprint density at radius 3 is 2.86 bits per heavy atom. The smallest absolute Gasteiger partial charge is 0.340 e. The maximum absolute atomic E-state index is 13.8. The number of benzene rings is 1. The van der Waals surface area contributed by atoms with E-state index in [1.165, 1.54) is 6.07 Å². The van der Waals surface area contributed by atoms with Crippen molar-refractivity contribution in [3.8, 4) is 0 Å². The van der Waals surface area contributed by atoms with Crippen molar-refractivity contribution in [3.05, 3.63) is 41.0 Å². The molecule has 0 radical (unpaired) electrons. The second-order valence-corrected chi connectivity index (χ2v) is 4.43. The van der Waals surface area contributed by atoms with Crippen LogP contribution in [0.1, 0.15) is 28.7 Å². The van der Waals surface area contributed by atoms with Gasteiger partial charge in [-0.05, 0) is 26.0 Å². The van der Waals surface area contributed by atoms with Crippen molar-refractivity contribution in [3.63, 3.8) is 0 Å². The van der Waals surface area contributed by atoms with Crippen molar-refractivity contribution >= 4 is 17.3 Å². The molecule has 1 aromatic heterocycles. The summed E-state index contributed by atoms with van der Waals surface area (Å²) in [6, 6.07) is 4.14. The fraction of sp³-hybridized carbons (Fsp3) is 0.286. The van der Waals surface area contributed by atoms with E-state index >= 15 is 0 Å². The number of nitrogens with zero attached hydrogens (tertiary/aromatic N) is 1. The lowest BCUT2D eigenvalue weighted by Gasteiger charge is -2.10. The predicted octanol–water partition coefficient (Wildman–Crippen LogP) is 2.49. The third-order valence-corrected chi connectivity index (χ3v) is 2.76. The minimum atomic E-state index is -0.589. The zero-order valence-electron chi connectivity index (χ0n) is 11.8. The van der Waals surface area contributed by atoms with E-state index in [1.807, 2.05) is 0 Å². The minimum absolute atomic E-state index is 0.0343. The normalized spacial score (nSPS) is 10.4. The third kappa shape index (κ3) is 3.50. The number of carbonyl (C=O) groups excluding carboxylic acids is 1. The highest BCUT2D eigenvalue weighted by Gasteiger charge is 2.15. The molecule has 0 amide bonds. The van der Waals surface area contributed by atoms with Crippen molar-refractivity contribution in [2.75, 3.05) is 17.7 Å². The van der Waals surface area contributed by atoms with Crippen LogP contribution in [0, 0.1) is 12.7 Å². The number of hydrogen-bond donors (Lipinski definition) is 2. The first-order valence-electron chi connectivity index (χ1n) is 6.43. The number of nitrogen functional groups attached to an aromatic ring is 1. The SMILES string of the molecule is CCOC(=O)c1cc(NCc2cc(C)no2)c(F)cc1N. The van der Waals surface area contributed by atoms with Crippen molar-refractivity contribution in [2.24, 2.45) is 0 Å². The second-order valence-electron chi connectivity index (χ2n) is 4.43. The highest BCUT2D eigenvalue weighted by atomic mass is 19.1. The molecule has 0 fully saturated rings. The molecule has 2 aromatic rings. The molecule has 7 heteroatoms. The molecule has 0 saturated carbocycles. The molecular formula is C14H16FN3O3. The minimum Gasteiger partial charge on any atom is -0.462 e. The fourth-order valence-corrected chi connectivity index (χ4v) is 1.79. The Balaban J connectivity index is 2.18. The molecule has 3 N–H and O–H groups in total. The molecule has 0 atom stereocenters. The largest absolute Gasteiger partial charge is 0.462 e. The average Bonchev–Trinajstić information content (AvgIpc) is 2.83. The van der Waals surface area contributed by atoms with Gasteiger partial charge in [0.25, 0.3) is 0 Å². The van der Waals surface area contributed by atoms with Crippen LogP contribution in [0.4, 0.5) is 15.8 Å². The van der Waals surface area contributed by atoms with Gasteiger partial charge in [-0.2, -0.15) is 0 Å². The van der Waals surface area contributed by atoms with Crippen LogP contribution in [0.15, 0.2) is 22.7 Å². The van der Waals surface area contributed by atoms with Crippen LogP contribution in [0.3, 0.4) is 0 Å². The van der Waals surface area contributed by atoms with Crippen LogP contribution < -0.4 is 11.1 Å². The molecule has 112 valence electrons. The summed E-state index contributed by atoms with van der Waals surface area (Å²) in [5.41, 5.74) is 6.66. The Morgan fingerprint density at radius 2 is 2.24 bits per heavy atom. The van der Waals surface area contributed by atoms with E-state index in [0.717, 1.165) is 11.8 Å². The third-order valence-electron chi connectivity index (χ3n) is 2.76. The van der Waals surface area contributed by atoms with Gasteiger partial charge in [-0.15, -0.1) is 0 Å². The highest BCUT2D eigenvalue weighted by Crippen LogP contribution is 2.23. The number of hydrogen-bond acceptors (Lipinski definition) is 6. The van der Waals surface area contributed by atoms with Gasteiger partial charge in [0, 0.05) is 11.8 Å². The van der Waals surface area contributed by atoms with Gasteiger partial charge in [0.1, 0.15) is 5.82 Å². The van der Waals surface area contributed by atoms with Crippen LogP contribution in [0.2, 0.25) is 0 Å². The van der Waals surface area contributed by atoms with Crippen molar-refractivity contribution in [2.45, 2.75) is 20.4 Å². The second kappa shape index (κ2) is 6.25. The summed E-state index contributed by atoms with van der Waals surface area (Å²) in [5, 5.41) is 6.57. The van der Waals surface area contributed by atoms with Gasteiger partial charge in [-0.1, -0.05) is 5.16 Å². The molecule has 2 rings (SSSR count). The van der Waals surface area contributed by atoms with E-state index in [1.54, 1.807) is 19.9 Å². The summed E-state index contributed by atoms with van der Waals surface area (Å²) in [7, 11) is 0. The predicted molar refractivity (Wildman–Crippen MR) is 75.3 cm³/mol. The topological polar surface area (TPSA) is 90.4 Å². The molecule has 6 nitrogen and oxygen atoms in total. The van der Waals surface area contributed by atoms with Crippen LogP contribution in [0.5, 0.6) is 0 Å². The van der Waals surface area contributed by atoms with Gasteiger partial charge < -0.3 is 20.3 Å². The Labute approximate surface area is 121 Å². The molecule has 0 spiro atoms. The molecule has 0 aliphatic rings. The first-order chi connectivity index (χ1) is 10.0. The van der Waals surface area contributed by atoms with Crippen molar-refractivity contribution in [1.29, 1.82) is 0 Å². The van der Waals surface area contributed by atoms with E-state index in [0.29, 0.717) is 5.76 Å². The monoisotopic (exact) mass is 293 g/mol.